The molecule has 0 saturated carbocycles. The van der Waals surface area contributed by atoms with Crippen LogP contribution in [0.3, 0.4) is 0 Å². The second-order valence-corrected chi connectivity index (χ2v) is 4.34. The number of hydrogen-bond acceptors (Lipinski definition) is 2. The molecule has 2 aromatic rings. The number of aromatic amines is 2. The molecule has 0 amide bonds. The lowest BCUT2D eigenvalue weighted by atomic mass is 10.0. The fourth-order valence-corrected chi connectivity index (χ4v) is 1.77. The molecule has 86 valence electrons. The molecule has 1 aromatic heterocycles. The minimum Gasteiger partial charge on any atom is -0.330 e. The molecule has 0 radical (unpaired) electrons. The van der Waals surface area contributed by atoms with E-state index in [1.54, 1.807) is 0 Å². The van der Waals surface area contributed by atoms with Crippen LogP contribution in [0.5, 0.6) is 0 Å². The van der Waals surface area contributed by atoms with Crippen LogP contribution in [0, 0.1) is 5.92 Å². The van der Waals surface area contributed by atoms with Gasteiger partial charge in [0.1, 0.15) is 0 Å². The van der Waals surface area contributed by atoms with Crippen LogP contribution in [0.1, 0.15) is 18.9 Å². The van der Waals surface area contributed by atoms with E-state index in [1.807, 2.05) is 12.1 Å². The molecule has 0 fully saturated rings. The van der Waals surface area contributed by atoms with Crippen LogP contribution in [0.25, 0.3) is 11.0 Å². The van der Waals surface area contributed by atoms with Gasteiger partial charge in [0, 0.05) is 0 Å². The number of imidazole rings is 1. The summed E-state index contributed by atoms with van der Waals surface area (Å²) in [6.07, 6.45) is 2.08. The van der Waals surface area contributed by atoms with Crippen LogP contribution in [-0.2, 0) is 6.42 Å². The number of benzene rings is 1. The van der Waals surface area contributed by atoms with Gasteiger partial charge in [-0.25, -0.2) is 4.79 Å². The van der Waals surface area contributed by atoms with Crippen molar-refractivity contribution in [2.24, 2.45) is 11.7 Å². The van der Waals surface area contributed by atoms with Gasteiger partial charge in [-0.3, -0.25) is 0 Å². The molecule has 0 aliphatic carbocycles. The van der Waals surface area contributed by atoms with Crippen LogP contribution in [0.15, 0.2) is 23.0 Å². The summed E-state index contributed by atoms with van der Waals surface area (Å²) in [5.41, 5.74) is 8.41. The summed E-state index contributed by atoms with van der Waals surface area (Å²) in [4.78, 5) is 16.6. The Morgan fingerprint density at radius 1 is 1.31 bits per heavy atom. The molecule has 16 heavy (non-hydrogen) atoms. The highest BCUT2D eigenvalue weighted by Gasteiger charge is 2.02. The highest BCUT2D eigenvalue weighted by atomic mass is 16.1. The maximum Gasteiger partial charge on any atom is 0.323 e. The molecule has 2 rings (SSSR count). The Kier molecular flexibility index (Phi) is 3.10. The molecular weight excluding hydrogens is 202 g/mol. The number of hydrogen-bond donors (Lipinski definition) is 3. The first-order valence-corrected chi connectivity index (χ1v) is 5.60. The van der Waals surface area contributed by atoms with E-state index in [4.69, 9.17) is 5.73 Å². The topological polar surface area (TPSA) is 74.7 Å². The van der Waals surface area contributed by atoms with Gasteiger partial charge < -0.3 is 15.7 Å². The number of nitrogens with two attached hydrogens (primary N) is 1. The van der Waals surface area contributed by atoms with Gasteiger partial charge in [-0.2, -0.15) is 0 Å². The Morgan fingerprint density at radius 2 is 2.06 bits per heavy atom. The first kappa shape index (κ1) is 11.0. The number of fused-ring (bicyclic) bond motifs is 1. The van der Waals surface area contributed by atoms with Crippen LogP contribution in [-0.4, -0.2) is 16.5 Å². The fourth-order valence-electron chi connectivity index (χ4n) is 1.77. The Bertz CT molecular complexity index is 526. The molecule has 0 bridgehead atoms. The van der Waals surface area contributed by atoms with Gasteiger partial charge in [-0.05, 0) is 43.0 Å². The third-order valence-electron chi connectivity index (χ3n) is 2.91. The molecule has 1 heterocycles. The van der Waals surface area contributed by atoms with Crippen molar-refractivity contribution < 1.29 is 0 Å². The second-order valence-electron chi connectivity index (χ2n) is 4.34. The van der Waals surface area contributed by atoms with Crippen molar-refractivity contribution in [2.45, 2.75) is 19.8 Å². The molecule has 1 atom stereocenters. The van der Waals surface area contributed by atoms with E-state index in [1.165, 1.54) is 5.56 Å². The van der Waals surface area contributed by atoms with Crippen molar-refractivity contribution in [3.63, 3.8) is 0 Å². The third-order valence-corrected chi connectivity index (χ3v) is 2.91. The standard InChI is InChI=1S/C12H17N3O/c1-8(7-13)2-3-9-4-5-10-11(6-9)15-12(16)14-10/h4-6,8H,2-3,7,13H2,1H3,(H2,14,15,16). The quantitative estimate of drug-likeness (QED) is 0.726. The van der Waals surface area contributed by atoms with Crippen molar-refractivity contribution in [1.82, 2.24) is 9.97 Å². The van der Waals surface area contributed by atoms with E-state index in [0.29, 0.717) is 5.92 Å². The number of aromatic nitrogens is 2. The maximum absolute atomic E-state index is 11.1. The van der Waals surface area contributed by atoms with Crippen LogP contribution in [0.4, 0.5) is 0 Å². The largest absolute Gasteiger partial charge is 0.330 e. The van der Waals surface area contributed by atoms with Crippen molar-refractivity contribution in [1.29, 1.82) is 0 Å². The van der Waals surface area contributed by atoms with E-state index < -0.39 is 0 Å². The average Bonchev–Trinajstić information content (AvgIpc) is 2.65. The van der Waals surface area contributed by atoms with Crippen LogP contribution in [0.2, 0.25) is 0 Å². The Balaban J connectivity index is 2.16. The zero-order chi connectivity index (χ0) is 11.5. The summed E-state index contributed by atoms with van der Waals surface area (Å²) in [5, 5.41) is 0. The molecule has 1 unspecified atom stereocenters. The summed E-state index contributed by atoms with van der Waals surface area (Å²) >= 11 is 0. The lowest BCUT2D eigenvalue weighted by molar-refractivity contribution is 0.545. The molecule has 4 N–H and O–H groups in total. The molecule has 4 heteroatoms. The Hall–Kier alpha value is -1.55. The van der Waals surface area contributed by atoms with Crippen molar-refractivity contribution in [3.8, 4) is 0 Å². The molecule has 0 spiro atoms. The van der Waals surface area contributed by atoms with E-state index in [9.17, 15) is 4.79 Å². The normalized spacial score (nSPS) is 13.1. The van der Waals surface area contributed by atoms with Crippen molar-refractivity contribution in [2.75, 3.05) is 6.54 Å². The van der Waals surface area contributed by atoms with E-state index >= 15 is 0 Å². The van der Waals surface area contributed by atoms with Crippen LogP contribution >= 0.6 is 0 Å². The van der Waals surface area contributed by atoms with Crippen molar-refractivity contribution >= 4 is 11.0 Å². The molecule has 4 nitrogen and oxygen atoms in total. The monoisotopic (exact) mass is 219 g/mol. The molecular formula is C12H17N3O. The fraction of sp³-hybridized carbons (Fsp3) is 0.417. The lowest BCUT2D eigenvalue weighted by Gasteiger charge is -2.07. The number of rotatable bonds is 4. The predicted octanol–water partition coefficient (Wildman–Crippen LogP) is 1.38. The molecule has 0 aliphatic rings. The van der Waals surface area contributed by atoms with Crippen molar-refractivity contribution in [3.05, 3.63) is 34.2 Å². The van der Waals surface area contributed by atoms with E-state index in [-0.39, 0.29) is 5.69 Å². The minimum atomic E-state index is -0.150. The summed E-state index contributed by atoms with van der Waals surface area (Å²) in [7, 11) is 0. The summed E-state index contributed by atoms with van der Waals surface area (Å²) in [5.74, 6) is 0.543. The van der Waals surface area contributed by atoms with Gasteiger partial charge in [-0.1, -0.05) is 13.0 Å². The molecule has 1 aromatic carbocycles. The Morgan fingerprint density at radius 3 is 2.81 bits per heavy atom. The number of aryl methyl sites for hydroxylation is 1. The van der Waals surface area contributed by atoms with Gasteiger partial charge in [0.15, 0.2) is 0 Å². The minimum absolute atomic E-state index is 0.150. The molecule has 0 saturated heterocycles. The van der Waals surface area contributed by atoms with Gasteiger partial charge in [0.05, 0.1) is 11.0 Å². The maximum atomic E-state index is 11.1. The van der Waals surface area contributed by atoms with Gasteiger partial charge in [-0.15, -0.1) is 0 Å². The first-order valence-electron chi connectivity index (χ1n) is 5.60. The Labute approximate surface area is 93.9 Å². The summed E-state index contributed by atoms with van der Waals surface area (Å²) in [6.45, 7) is 2.87. The number of H-pyrrole nitrogens is 2. The highest BCUT2D eigenvalue weighted by Crippen LogP contribution is 2.13. The zero-order valence-corrected chi connectivity index (χ0v) is 9.42. The average molecular weight is 219 g/mol. The van der Waals surface area contributed by atoms with Gasteiger partial charge in [0.25, 0.3) is 0 Å². The highest BCUT2D eigenvalue weighted by molar-refractivity contribution is 5.74. The van der Waals surface area contributed by atoms with Gasteiger partial charge >= 0.3 is 5.69 Å². The van der Waals surface area contributed by atoms with Crippen LogP contribution < -0.4 is 11.4 Å². The molecule has 0 aliphatic heterocycles. The van der Waals surface area contributed by atoms with Gasteiger partial charge in [0.2, 0.25) is 0 Å². The van der Waals surface area contributed by atoms with E-state index in [2.05, 4.69) is 23.0 Å². The first-order chi connectivity index (χ1) is 7.69. The lowest BCUT2D eigenvalue weighted by Crippen LogP contribution is -2.11. The van der Waals surface area contributed by atoms with E-state index in [0.717, 1.165) is 30.4 Å². The SMILES string of the molecule is CC(CN)CCc1ccc2[nH]c(=O)[nH]c2c1. The summed E-state index contributed by atoms with van der Waals surface area (Å²) < 4.78 is 0. The second kappa shape index (κ2) is 4.53. The third kappa shape index (κ3) is 2.33. The number of nitrogens with one attached hydrogen (secondary N) is 2. The zero-order valence-electron chi connectivity index (χ0n) is 9.42. The predicted molar refractivity (Wildman–Crippen MR) is 65.5 cm³/mol. The smallest absolute Gasteiger partial charge is 0.323 e. The summed E-state index contributed by atoms with van der Waals surface area (Å²) in [6, 6.07) is 6.02.